The molecule has 0 aliphatic heterocycles. The Balaban J connectivity index is 3.37. The average Bonchev–Trinajstić information content (AvgIpc) is 1.82. The highest BCUT2D eigenvalue weighted by molar-refractivity contribution is 7.90. The number of nitrogen functional groups attached to an aromatic ring is 1. The highest BCUT2D eigenvalue weighted by Gasteiger charge is 2.10. The fraction of sp³-hybridized carbons (Fsp3) is 0.200. The summed E-state index contributed by atoms with van der Waals surface area (Å²) in [6.07, 6.45) is 1.02. The second kappa shape index (κ2) is 2.87. The van der Waals surface area contributed by atoms with Gasteiger partial charge in [0.2, 0.25) is 5.28 Å². The lowest BCUT2D eigenvalue weighted by Crippen LogP contribution is -2.03. The Morgan fingerprint density at radius 2 is 2.08 bits per heavy atom. The van der Waals surface area contributed by atoms with Gasteiger partial charge in [0.05, 0.1) is 0 Å². The molecule has 0 aliphatic rings. The Kier molecular flexibility index (Phi) is 2.20. The van der Waals surface area contributed by atoms with Crippen molar-refractivity contribution in [1.29, 1.82) is 0 Å². The summed E-state index contributed by atoms with van der Waals surface area (Å²) in [4.78, 5) is 7.01. The van der Waals surface area contributed by atoms with Crippen molar-refractivity contribution in [2.75, 3.05) is 12.0 Å². The van der Waals surface area contributed by atoms with Gasteiger partial charge in [-0.15, -0.1) is 0 Å². The van der Waals surface area contributed by atoms with Gasteiger partial charge >= 0.3 is 0 Å². The van der Waals surface area contributed by atoms with Crippen LogP contribution in [-0.2, 0) is 9.84 Å². The molecule has 0 saturated heterocycles. The second-order valence-electron chi connectivity index (χ2n) is 2.17. The Hall–Kier alpha value is -0.880. The van der Waals surface area contributed by atoms with Crippen molar-refractivity contribution in [2.45, 2.75) is 5.03 Å². The predicted octanol–water partition coefficient (Wildman–Crippen LogP) is 0.116. The summed E-state index contributed by atoms with van der Waals surface area (Å²) >= 11 is 5.39. The zero-order valence-electron chi connectivity index (χ0n) is 6.15. The van der Waals surface area contributed by atoms with E-state index in [0.29, 0.717) is 0 Å². The van der Waals surface area contributed by atoms with Crippen LogP contribution in [-0.4, -0.2) is 24.6 Å². The number of anilines is 1. The predicted molar refractivity (Wildman–Crippen MR) is 44.6 cm³/mol. The topological polar surface area (TPSA) is 85.9 Å². The molecule has 0 bridgehead atoms. The number of halogens is 1. The third-order valence-electron chi connectivity index (χ3n) is 1.08. The minimum atomic E-state index is -3.36. The molecule has 5 nitrogen and oxygen atoms in total. The van der Waals surface area contributed by atoms with Crippen molar-refractivity contribution in [3.8, 4) is 0 Å². The van der Waals surface area contributed by atoms with Crippen molar-refractivity contribution >= 4 is 27.3 Å². The number of hydrogen-bond acceptors (Lipinski definition) is 5. The van der Waals surface area contributed by atoms with Crippen molar-refractivity contribution in [2.24, 2.45) is 0 Å². The van der Waals surface area contributed by atoms with E-state index in [1.807, 2.05) is 0 Å². The van der Waals surface area contributed by atoms with Crippen LogP contribution < -0.4 is 5.73 Å². The van der Waals surface area contributed by atoms with Gasteiger partial charge in [-0.05, 0) is 11.6 Å². The molecule has 0 amide bonds. The molecule has 0 fully saturated rings. The summed E-state index contributed by atoms with van der Waals surface area (Å²) < 4.78 is 21.9. The molecule has 0 aromatic carbocycles. The number of hydrogen-bond donors (Lipinski definition) is 1. The number of aromatic nitrogens is 2. The van der Waals surface area contributed by atoms with E-state index in [9.17, 15) is 8.42 Å². The van der Waals surface area contributed by atoms with Crippen LogP contribution in [0.3, 0.4) is 0 Å². The first kappa shape index (κ1) is 9.21. The minimum absolute atomic E-state index is 0.0374. The molecule has 0 atom stereocenters. The Bertz CT molecular complexity index is 383. The monoisotopic (exact) mass is 207 g/mol. The number of rotatable bonds is 1. The molecule has 0 spiro atoms. The maximum absolute atomic E-state index is 10.9. The van der Waals surface area contributed by atoms with E-state index in [-0.39, 0.29) is 16.1 Å². The Morgan fingerprint density at radius 1 is 1.50 bits per heavy atom. The van der Waals surface area contributed by atoms with E-state index in [1.54, 1.807) is 0 Å². The van der Waals surface area contributed by atoms with Crippen LogP contribution in [0.5, 0.6) is 0 Å². The maximum Gasteiger partial charge on any atom is 0.225 e. The molecule has 7 heteroatoms. The fourth-order valence-electron chi connectivity index (χ4n) is 0.603. The van der Waals surface area contributed by atoms with Crippen LogP contribution in [0.4, 0.5) is 5.82 Å². The molecule has 0 radical (unpaired) electrons. The summed E-state index contributed by atoms with van der Waals surface area (Å²) in [5.74, 6) is 0.0374. The van der Waals surface area contributed by atoms with E-state index in [0.717, 1.165) is 12.3 Å². The molecule has 0 aliphatic carbocycles. The lowest BCUT2D eigenvalue weighted by Gasteiger charge is -1.98. The van der Waals surface area contributed by atoms with E-state index in [1.165, 1.54) is 0 Å². The standard InChI is InChI=1S/C5H6ClN3O2S/c1-12(10,11)4-2-3(7)8-5(6)9-4/h2H,1H3,(H2,7,8,9). The number of sulfone groups is 1. The summed E-state index contributed by atoms with van der Waals surface area (Å²) in [6, 6.07) is 1.15. The third kappa shape index (κ3) is 2.05. The SMILES string of the molecule is CS(=O)(=O)c1cc(N)nc(Cl)n1. The molecular formula is C5H6ClN3O2S. The van der Waals surface area contributed by atoms with Crippen molar-refractivity contribution in [3.05, 3.63) is 11.3 Å². The molecule has 1 aromatic rings. The van der Waals surface area contributed by atoms with Crippen LogP contribution in [0.1, 0.15) is 0 Å². The first-order valence-corrected chi connectivity index (χ1v) is 5.16. The number of nitrogens with two attached hydrogens (primary N) is 1. The van der Waals surface area contributed by atoms with Gasteiger partial charge in [-0.1, -0.05) is 0 Å². The summed E-state index contributed by atoms with van der Waals surface area (Å²) in [5.41, 5.74) is 5.26. The van der Waals surface area contributed by atoms with Gasteiger partial charge in [0.1, 0.15) is 5.82 Å². The maximum atomic E-state index is 10.9. The average molecular weight is 208 g/mol. The second-order valence-corrected chi connectivity index (χ2v) is 4.47. The molecule has 2 N–H and O–H groups in total. The fourth-order valence-corrected chi connectivity index (χ4v) is 1.43. The van der Waals surface area contributed by atoms with Crippen molar-refractivity contribution in [1.82, 2.24) is 9.97 Å². The third-order valence-corrected chi connectivity index (χ3v) is 2.21. The normalized spacial score (nSPS) is 11.5. The summed E-state index contributed by atoms with van der Waals surface area (Å²) in [6.45, 7) is 0. The smallest absolute Gasteiger partial charge is 0.225 e. The van der Waals surface area contributed by atoms with Gasteiger partial charge in [-0.25, -0.2) is 18.4 Å². The van der Waals surface area contributed by atoms with Crippen LogP contribution in [0.2, 0.25) is 5.28 Å². The lowest BCUT2D eigenvalue weighted by atomic mass is 10.6. The largest absolute Gasteiger partial charge is 0.384 e. The Morgan fingerprint density at radius 3 is 2.50 bits per heavy atom. The highest BCUT2D eigenvalue weighted by Crippen LogP contribution is 2.11. The zero-order valence-corrected chi connectivity index (χ0v) is 7.72. The van der Waals surface area contributed by atoms with E-state index >= 15 is 0 Å². The first-order valence-electron chi connectivity index (χ1n) is 2.90. The van der Waals surface area contributed by atoms with Crippen molar-refractivity contribution < 1.29 is 8.42 Å². The highest BCUT2D eigenvalue weighted by atomic mass is 35.5. The van der Waals surface area contributed by atoms with Crippen LogP contribution >= 0.6 is 11.6 Å². The van der Waals surface area contributed by atoms with Crippen LogP contribution in [0, 0.1) is 0 Å². The zero-order chi connectivity index (χ0) is 9.35. The lowest BCUT2D eigenvalue weighted by molar-refractivity contribution is 0.598. The molecule has 1 rings (SSSR count). The molecule has 0 saturated carbocycles. The van der Waals surface area contributed by atoms with Gasteiger partial charge in [0, 0.05) is 12.3 Å². The molecule has 1 heterocycles. The van der Waals surface area contributed by atoms with Gasteiger partial charge in [-0.2, -0.15) is 0 Å². The van der Waals surface area contributed by atoms with E-state index in [2.05, 4.69) is 9.97 Å². The first-order chi connectivity index (χ1) is 5.39. The van der Waals surface area contributed by atoms with Gasteiger partial charge in [-0.3, -0.25) is 0 Å². The molecule has 66 valence electrons. The molecule has 1 aromatic heterocycles. The number of nitrogens with zero attached hydrogens (tertiary/aromatic N) is 2. The summed E-state index contributed by atoms with van der Waals surface area (Å²) in [5, 5.41) is -0.338. The van der Waals surface area contributed by atoms with Gasteiger partial charge in [0.15, 0.2) is 14.9 Å². The van der Waals surface area contributed by atoms with E-state index < -0.39 is 9.84 Å². The minimum Gasteiger partial charge on any atom is -0.384 e. The quantitative estimate of drug-likeness (QED) is 0.522. The van der Waals surface area contributed by atoms with Crippen LogP contribution in [0.25, 0.3) is 0 Å². The summed E-state index contributed by atoms with van der Waals surface area (Å²) in [7, 11) is -3.36. The van der Waals surface area contributed by atoms with Crippen molar-refractivity contribution in [3.63, 3.8) is 0 Å². The molecular weight excluding hydrogens is 202 g/mol. The van der Waals surface area contributed by atoms with Crippen LogP contribution in [0.15, 0.2) is 11.1 Å². The molecule has 0 unspecified atom stereocenters. The Labute approximate surface area is 74.5 Å². The molecule has 12 heavy (non-hydrogen) atoms. The van der Waals surface area contributed by atoms with Gasteiger partial charge < -0.3 is 5.73 Å². The van der Waals surface area contributed by atoms with E-state index in [4.69, 9.17) is 17.3 Å². The van der Waals surface area contributed by atoms with Gasteiger partial charge in [0.25, 0.3) is 0 Å².